The van der Waals surface area contributed by atoms with Crippen molar-refractivity contribution in [2.24, 2.45) is 0 Å². The zero-order chi connectivity index (χ0) is 22.5. The van der Waals surface area contributed by atoms with E-state index in [2.05, 4.69) is 10.4 Å². The van der Waals surface area contributed by atoms with E-state index in [9.17, 15) is 14.4 Å². The van der Waals surface area contributed by atoms with Crippen LogP contribution in [0.4, 0.5) is 5.69 Å². The van der Waals surface area contributed by atoms with E-state index in [-0.39, 0.29) is 11.3 Å². The number of aromatic nitrogens is 2. The summed E-state index contributed by atoms with van der Waals surface area (Å²) in [5.41, 5.74) is 0.0412. The van der Waals surface area contributed by atoms with Crippen molar-refractivity contribution in [3.05, 3.63) is 63.5 Å². The van der Waals surface area contributed by atoms with Gasteiger partial charge in [-0.05, 0) is 37.6 Å². The fourth-order valence-corrected chi connectivity index (χ4v) is 3.20. The lowest BCUT2D eigenvalue weighted by molar-refractivity contribution is -0.123. The molecule has 0 aliphatic carbocycles. The maximum absolute atomic E-state index is 12.8. The van der Waals surface area contributed by atoms with E-state index in [0.717, 1.165) is 0 Å². The fourth-order valence-electron chi connectivity index (χ4n) is 3.03. The molecule has 162 valence electrons. The van der Waals surface area contributed by atoms with E-state index in [0.29, 0.717) is 40.2 Å². The number of methoxy groups -OCH3 is 1. The summed E-state index contributed by atoms with van der Waals surface area (Å²) in [6.45, 7) is 3.70. The average Bonchev–Trinajstić information content (AvgIpc) is 2.76. The fraction of sp³-hybridized carbons (Fsp3) is 0.273. The Kier molecular flexibility index (Phi) is 6.91. The molecule has 1 unspecified atom stereocenters. The highest BCUT2D eigenvalue weighted by atomic mass is 35.5. The second-order valence-electron chi connectivity index (χ2n) is 6.80. The van der Waals surface area contributed by atoms with Crippen molar-refractivity contribution in [1.82, 2.24) is 9.78 Å². The van der Waals surface area contributed by atoms with Crippen LogP contribution in [0.1, 0.15) is 30.8 Å². The third-order valence-electron chi connectivity index (χ3n) is 4.57. The van der Waals surface area contributed by atoms with Crippen LogP contribution in [0.3, 0.4) is 0 Å². The van der Waals surface area contributed by atoms with Crippen LogP contribution in [-0.4, -0.2) is 34.9 Å². The van der Waals surface area contributed by atoms with Crippen LogP contribution in [0.5, 0.6) is 5.75 Å². The van der Waals surface area contributed by atoms with Crippen molar-refractivity contribution >= 4 is 39.9 Å². The molecule has 31 heavy (non-hydrogen) atoms. The molecule has 8 nitrogen and oxygen atoms in total. The number of fused-ring (bicyclic) bond motifs is 1. The molecule has 1 atom stereocenters. The third kappa shape index (κ3) is 4.86. The molecule has 1 aromatic heterocycles. The Bertz CT molecular complexity index is 1190. The lowest BCUT2D eigenvalue weighted by atomic mass is 10.1. The highest BCUT2D eigenvalue weighted by molar-refractivity contribution is 6.31. The van der Waals surface area contributed by atoms with Gasteiger partial charge in [0.1, 0.15) is 5.75 Å². The van der Waals surface area contributed by atoms with Crippen LogP contribution < -0.4 is 15.6 Å². The van der Waals surface area contributed by atoms with Crippen LogP contribution in [0.2, 0.25) is 5.02 Å². The van der Waals surface area contributed by atoms with E-state index in [4.69, 9.17) is 21.1 Å². The van der Waals surface area contributed by atoms with Gasteiger partial charge in [-0.15, -0.1) is 0 Å². The van der Waals surface area contributed by atoms with Gasteiger partial charge in [0.2, 0.25) is 0 Å². The lowest BCUT2D eigenvalue weighted by Gasteiger charge is -2.16. The Labute approximate surface area is 183 Å². The number of esters is 1. The molecule has 0 fully saturated rings. The minimum absolute atomic E-state index is 0.0244. The Morgan fingerprint density at radius 2 is 1.90 bits per heavy atom. The monoisotopic (exact) mass is 443 g/mol. The maximum atomic E-state index is 12.8. The Morgan fingerprint density at radius 1 is 1.19 bits per heavy atom. The number of benzene rings is 2. The summed E-state index contributed by atoms with van der Waals surface area (Å²) in [7, 11) is 1.46. The number of anilines is 1. The molecule has 2 aromatic carbocycles. The number of hydrogen-bond donors (Lipinski definition) is 1. The van der Waals surface area contributed by atoms with Gasteiger partial charge in [0.05, 0.1) is 18.2 Å². The molecule has 0 aliphatic rings. The Balaban J connectivity index is 1.85. The average molecular weight is 444 g/mol. The van der Waals surface area contributed by atoms with Crippen molar-refractivity contribution in [3.63, 3.8) is 0 Å². The predicted octanol–water partition coefficient (Wildman–Crippen LogP) is 3.65. The number of nitrogens with zero attached hydrogens (tertiary/aromatic N) is 2. The van der Waals surface area contributed by atoms with Crippen LogP contribution in [-0.2, 0) is 16.1 Å². The Morgan fingerprint density at radius 3 is 2.58 bits per heavy atom. The first-order valence-corrected chi connectivity index (χ1v) is 10.1. The van der Waals surface area contributed by atoms with Crippen molar-refractivity contribution < 1.29 is 19.1 Å². The SMILES string of the molecule is CCCn1nc(C(=O)OC(C)C(=O)Nc2cc(Cl)ccc2OC)c2ccccc2c1=O. The molecule has 3 aromatic rings. The van der Waals surface area contributed by atoms with E-state index in [1.54, 1.807) is 36.4 Å². The number of carbonyl (C=O) groups is 2. The van der Waals surface area contributed by atoms with Crippen LogP contribution in [0, 0.1) is 0 Å². The van der Waals surface area contributed by atoms with E-state index >= 15 is 0 Å². The smallest absolute Gasteiger partial charge is 0.360 e. The number of rotatable bonds is 7. The summed E-state index contributed by atoms with van der Waals surface area (Å²) in [5.74, 6) is -0.961. The normalized spacial score (nSPS) is 11.7. The van der Waals surface area contributed by atoms with Gasteiger partial charge < -0.3 is 14.8 Å². The molecular formula is C22H22ClN3O5. The number of aryl methyl sites for hydroxylation is 1. The quantitative estimate of drug-likeness (QED) is 0.559. The molecular weight excluding hydrogens is 422 g/mol. The summed E-state index contributed by atoms with van der Waals surface area (Å²) in [5, 5.41) is 7.96. The summed E-state index contributed by atoms with van der Waals surface area (Å²) in [6.07, 6.45) is -0.469. The number of hydrogen-bond acceptors (Lipinski definition) is 6. The van der Waals surface area contributed by atoms with Gasteiger partial charge in [-0.3, -0.25) is 9.59 Å². The molecule has 0 bridgehead atoms. The van der Waals surface area contributed by atoms with Crippen molar-refractivity contribution in [1.29, 1.82) is 0 Å². The zero-order valence-corrected chi connectivity index (χ0v) is 18.1. The largest absolute Gasteiger partial charge is 0.495 e. The topological polar surface area (TPSA) is 99.5 Å². The summed E-state index contributed by atoms with van der Waals surface area (Å²) in [4.78, 5) is 38.0. The number of carbonyl (C=O) groups excluding carboxylic acids is 2. The number of amides is 1. The van der Waals surface area contributed by atoms with Crippen LogP contribution >= 0.6 is 11.6 Å². The third-order valence-corrected chi connectivity index (χ3v) is 4.80. The first kappa shape index (κ1) is 22.3. The zero-order valence-electron chi connectivity index (χ0n) is 17.3. The van der Waals surface area contributed by atoms with E-state index < -0.39 is 18.0 Å². The summed E-state index contributed by atoms with van der Waals surface area (Å²) in [6, 6.07) is 11.4. The van der Waals surface area contributed by atoms with E-state index in [1.807, 2.05) is 6.92 Å². The molecule has 0 saturated carbocycles. The lowest BCUT2D eigenvalue weighted by Crippen LogP contribution is -2.32. The molecule has 1 amide bonds. The van der Waals surface area contributed by atoms with E-state index in [1.165, 1.54) is 24.8 Å². The summed E-state index contributed by atoms with van der Waals surface area (Å²) < 4.78 is 11.8. The Hall–Kier alpha value is -3.39. The van der Waals surface area contributed by atoms with Crippen LogP contribution in [0.25, 0.3) is 10.8 Å². The highest BCUT2D eigenvalue weighted by Crippen LogP contribution is 2.28. The standard InChI is InChI=1S/C22H22ClN3O5/c1-4-11-26-21(28)16-8-6-5-7-15(16)19(25-26)22(29)31-13(2)20(27)24-17-12-14(23)9-10-18(17)30-3/h5-10,12-13H,4,11H2,1-3H3,(H,24,27). The van der Waals surface area contributed by atoms with Crippen molar-refractivity contribution in [2.45, 2.75) is 32.9 Å². The molecule has 0 aliphatic heterocycles. The molecule has 0 spiro atoms. The second kappa shape index (κ2) is 9.61. The minimum Gasteiger partial charge on any atom is -0.495 e. The maximum Gasteiger partial charge on any atom is 0.360 e. The van der Waals surface area contributed by atoms with Gasteiger partial charge in [-0.1, -0.05) is 36.7 Å². The first-order valence-electron chi connectivity index (χ1n) is 9.71. The minimum atomic E-state index is -1.14. The summed E-state index contributed by atoms with van der Waals surface area (Å²) >= 11 is 5.98. The second-order valence-corrected chi connectivity index (χ2v) is 7.24. The predicted molar refractivity (Wildman–Crippen MR) is 118 cm³/mol. The number of nitrogens with one attached hydrogen (secondary N) is 1. The van der Waals surface area contributed by atoms with Gasteiger partial charge in [-0.2, -0.15) is 5.10 Å². The van der Waals surface area contributed by atoms with Gasteiger partial charge in [0.15, 0.2) is 11.8 Å². The molecule has 3 rings (SSSR count). The molecule has 9 heteroatoms. The van der Waals surface area contributed by atoms with Gasteiger partial charge in [-0.25, -0.2) is 9.48 Å². The van der Waals surface area contributed by atoms with Crippen molar-refractivity contribution in [2.75, 3.05) is 12.4 Å². The molecule has 1 heterocycles. The first-order chi connectivity index (χ1) is 14.8. The van der Waals surface area contributed by atoms with Gasteiger partial charge >= 0.3 is 5.97 Å². The van der Waals surface area contributed by atoms with Gasteiger partial charge in [0.25, 0.3) is 11.5 Å². The van der Waals surface area contributed by atoms with Gasteiger partial charge in [0, 0.05) is 17.0 Å². The van der Waals surface area contributed by atoms with Crippen LogP contribution in [0.15, 0.2) is 47.3 Å². The molecule has 0 radical (unpaired) electrons. The van der Waals surface area contributed by atoms with Crippen molar-refractivity contribution in [3.8, 4) is 5.75 Å². The molecule has 0 saturated heterocycles. The molecule has 1 N–H and O–H groups in total. The number of halogens is 1. The highest BCUT2D eigenvalue weighted by Gasteiger charge is 2.24. The number of ether oxygens (including phenoxy) is 2.